The standard InChI is InChI=1S/C16H22ClF3N2.ClH/c1-2-3-4-15(22-7-5-21-6-8-22)12-9-13(16(18,19)20)11-14(17)10-12;/h9-11,15,21H,2-8H2,1H3;1H/t15-;/m0./s1. The highest BCUT2D eigenvalue weighted by molar-refractivity contribution is 6.30. The van der Waals surface area contributed by atoms with E-state index in [4.69, 9.17) is 11.6 Å². The van der Waals surface area contributed by atoms with Gasteiger partial charge in [0, 0.05) is 37.2 Å². The van der Waals surface area contributed by atoms with Crippen LogP contribution in [0.25, 0.3) is 0 Å². The Bertz CT molecular complexity index is 489. The summed E-state index contributed by atoms with van der Waals surface area (Å²) in [5.74, 6) is 0. The number of rotatable bonds is 5. The Morgan fingerprint density at radius 3 is 2.43 bits per heavy atom. The van der Waals surface area contributed by atoms with Crippen molar-refractivity contribution in [2.75, 3.05) is 26.2 Å². The van der Waals surface area contributed by atoms with Crippen LogP contribution in [-0.4, -0.2) is 31.1 Å². The molecular formula is C16H23Cl2F3N2. The lowest BCUT2D eigenvalue weighted by Gasteiger charge is -2.35. The fraction of sp³-hybridized carbons (Fsp3) is 0.625. The number of benzene rings is 1. The molecule has 2 rings (SSSR count). The predicted octanol–water partition coefficient (Wildman–Crippen LogP) is 4.92. The summed E-state index contributed by atoms with van der Waals surface area (Å²) < 4.78 is 39.1. The van der Waals surface area contributed by atoms with Crippen molar-refractivity contribution in [3.05, 3.63) is 34.3 Å². The zero-order valence-electron chi connectivity index (χ0n) is 13.1. The Balaban J connectivity index is 0.00000264. The number of nitrogens with zero attached hydrogens (tertiary/aromatic N) is 1. The molecule has 23 heavy (non-hydrogen) atoms. The molecule has 1 atom stereocenters. The Labute approximate surface area is 146 Å². The Kier molecular flexibility index (Phi) is 8.14. The minimum atomic E-state index is -4.36. The average Bonchev–Trinajstić information content (AvgIpc) is 2.47. The highest BCUT2D eigenvalue weighted by Gasteiger charge is 2.32. The lowest BCUT2D eigenvalue weighted by molar-refractivity contribution is -0.137. The maximum atomic E-state index is 13.0. The van der Waals surface area contributed by atoms with Gasteiger partial charge in [-0.15, -0.1) is 12.4 Å². The molecule has 0 saturated carbocycles. The Morgan fingerprint density at radius 2 is 1.87 bits per heavy atom. The maximum Gasteiger partial charge on any atom is 0.416 e. The van der Waals surface area contributed by atoms with Gasteiger partial charge in [0.05, 0.1) is 5.56 Å². The highest BCUT2D eigenvalue weighted by Crippen LogP contribution is 2.36. The Hall–Kier alpha value is -0.490. The van der Waals surface area contributed by atoms with Crippen molar-refractivity contribution in [1.82, 2.24) is 10.2 Å². The van der Waals surface area contributed by atoms with E-state index in [1.807, 2.05) is 0 Å². The first-order valence-corrected chi connectivity index (χ1v) is 8.12. The quantitative estimate of drug-likeness (QED) is 0.791. The van der Waals surface area contributed by atoms with Crippen LogP contribution in [0.3, 0.4) is 0 Å². The fourth-order valence-corrected chi connectivity index (χ4v) is 3.16. The third kappa shape index (κ3) is 5.82. The molecule has 7 heteroatoms. The van der Waals surface area contributed by atoms with Gasteiger partial charge in [0.1, 0.15) is 0 Å². The van der Waals surface area contributed by atoms with Gasteiger partial charge in [-0.2, -0.15) is 13.2 Å². The normalized spacial score (nSPS) is 17.6. The molecule has 1 aromatic carbocycles. The third-order valence-corrected chi connectivity index (χ3v) is 4.27. The van der Waals surface area contributed by atoms with E-state index in [2.05, 4.69) is 17.1 Å². The number of unbranched alkanes of at least 4 members (excludes halogenated alkanes) is 1. The van der Waals surface area contributed by atoms with Crippen molar-refractivity contribution in [3.63, 3.8) is 0 Å². The molecule has 1 fully saturated rings. The second-order valence-corrected chi connectivity index (χ2v) is 6.15. The van der Waals surface area contributed by atoms with E-state index in [1.165, 1.54) is 6.07 Å². The highest BCUT2D eigenvalue weighted by atomic mass is 35.5. The van der Waals surface area contributed by atoms with E-state index < -0.39 is 11.7 Å². The lowest BCUT2D eigenvalue weighted by Crippen LogP contribution is -2.45. The van der Waals surface area contributed by atoms with Gasteiger partial charge in [0.2, 0.25) is 0 Å². The van der Waals surface area contributed by atoms with E-state index in [9.17, 15) is 13.2 Å². The van der Waals surface area contributed by atoms with Crippen LogP contribution in [0, 0.1) is 0 Å². The average molecular weight is 371 g/mol. The molecule has 1 aliphatic rings. The molecule has 0 aromatic heterocycles. The number of nitrogens with one attached hydrogen (secondary N) is 1. The number of hydrogen-bond acceptors (Lipinski definition) is 2. The van der Waals surface area contributed by atoms with Gasteiger partial charge in [0.15, 0.2) is 0 Å². The molecule has 0 radical (unpaired) electrons. The van der Waals surface area contributed by atoms with E-state index >= 15 is 0 Å². The van der Waals surface area contributed by atoms with E-state index in [-0.39, 0.29) is 23.5 Å². The zero-order valence-corrected chi connectivity index (χ0v) is 14.7. The predicted molar refractivity (Wildman–Crippen MR) is 90.4 cm³/mol. The SMILES string of the molecule is CCCC[C@@H](c1cc(Cl)cc(C(F)(F)F)c1)N1CCNCC1.Cl. The van der Waals surface area contributed by atoms with Crippen LogP contribution in [0.5, 0.6) is 0 Å². The van der Waals surface area contributed by atoms with Crippen LogP contribution < -0.4 is 5.32 Å². The molecule has 0 bridgehead atoms. The van der Waals surface area contributed by atoms with Gasteiger partial charge in [-0.1, -0.05) is 31.4 Å². The second kappa shape index (κ2) is 9.11. The molecule has 1 heterocycles. The summed E-state index contributed by atoms with van der Waals surface area (Å²) in [5, 5.41) is 3.43. The first-order valence-electron chi connectivity index (χ1n) is 7.74. The molecule has 1 saturated heterocycles. The van der Waals surface area contributed by atoms with Gasteiger partial charge in [-0.25, -0.2) is 0 Å². The van der Waals surface area contributed by atoms with Crippen molar-refractivity contribution in [2.45, 2.75) is 38.4 Å². The van der Waals surface area contributed by atoms with Crippen molar-refractivity contribution >= 4 is 24.0 Å². The summed E-state index contributed by atoms with van der Waals surface area (Å²) in [6, 6.07) is 3.94. The van der Waals surface area contributed by atoms with Crippen LogP contribution in [0.2, 0.25) is 5.02 Å². The minimum absolute atomic E-state index is 0. The molecule has 0 aliphatic carbocycles. The van der Waals surface area contributed by atoms with Crippen LogP contribution >= 0.6 is 24.0 Å². The maximum absolute atomic E-state index is 13.0. The minimum Gasteiger partial charge on any atom is -0.314 e. The first-order chi connectivity index (χ1) is 10.4. The largest absolute Gasteiger partial charge is 0.416 e. The number of alkyl halides is 3. The van der Waals surface area contributed by atoms with Crippen molar-refractivity contribution in [2.24, 2.45) is 0 Å². The summed E-state index contributed by atoms with van der Waals surface area (Å²) >= 11 is 5.94. The number of hydrogen-bond donors (Lipinski definition) is 1. The number of piperazine rings is 1. The molecular weight excluding hydrogens is 348 g/mol. The smallest absolute Gasteiger partial charge is 0.314 e. The first kappa shape index (κ1) is 20.6. The van der Waals surface area contributed by atoms with Crippen molar-refractivity contribution in [3.8, 4) is 0 Å². The summed E-state index contributed by atoms with van der Waals surface area (Å²) in [5.41, 5.74) is 0.0156. The summed E-state index contributed by atoms with van der Waals surface area (Å²) in [6.45, 7) is 5.53. The van der Waals surface area contributed by atoms with E-state index in [0.717, 1.165) is 51.5 Å². The summed E-state index contributed by atoms with van der Waals surface area (Å²) in [4.78, 5) is 2.26. The topological polar surface area (TPSA) is 15.3 Å². The third-order valence-electron chi connectivity index (χ3n) is 4.06. The van der Waals surface area contributed by atoms with Crippen molar-refractivity contribution in [1.29, 1.82) is 0 Å². The fourth-order valence-electron chi connectivity index (χ4n) is 2.92. The molecule has 1 N–H and O–H groups in total. The summed E-state index contributed by atoms with van der Waals surface area (Å²) in [6.07, 6.45) is -1.50. The second-order valence-electron chi connectivity index (χ2n) is 5.71. The van der Waals surface area contributed by atoms with Gasteiger partial charge in [0.25, 0.3) is 0 Å². The molecule has 1 aliphatic heterocycles. The molecule has 1 aromatic rings. The van der Waals surface area contributed by atoms with E-state index in [1.54, 1.807) is 6.07 Å². The van der Waals surface area contributed by atoms with Crippen LogP contribution in [0.15, 0.2) is 18.2 Å². The molecule has 0 amide bonds. The summed E-state index contributed by atoms with van der Waals surface area (Å²) in [7, 11) is 0. The molecule has 0 unspecified atom stereocenters. The molecule has 132 valence electrons. The van der Waals surface area contributed by atoms with Crippen LogP contribution in [-0.2, 0) is 6.18 Å². The molecule has 2 nitrogen and oxygen atoms in total. The van der Waals surface area contributed by atoms with Crippen LogP contribution in [0.1, 0.15) is 43.4 Å². The lowest BCUT2D eigenvalue weighted by atomic mass is 9.97. The van der Waals surface area contributed by atoms with Gasteiger partial charge >= 0.3 is 6.18 Å². The van der Waals surface area contributed by atoms with Crippen molar-refractivity contribution < 1.29 is 13.2 Å². The van der Waals surface area contributed by atoms with Crippen LogP contribution in [0.4, 0.5) is 13.2 Å². The van der Waals surface area contributed by atoms with Gasteiger partial charge in [-0.05, 0) is 30.2 Å². The van der Waals surface area contributed by atoms with E-state index in [0.29, 0.717) is 5.56 Å². The van der Waals surface area contributed by atoms with Gasteiger partial charge in [-0.3, -0.25) is 4.90 Å². The number of halogens is 5. The molecule has 0 spiro atoms. The zero-order chi connectivity index (χ0) is 16.2. The monoisotopic (exact) mass is 370 g/mol. The Morgan fingerprint density at radius 1 is 1.22 bits per heavy atom. The van der Waals surface area contributed by atoms with Gasteiger partial charge < -0.3 is 5.32 Å².